The lowest BCUT2D eigenvalue weighted by molar-refractivity contribution is 0.216. The molecule has 6 nitrogen and oxygen atoms in total. The Morgan fingerprint density at radius 2 is 1.73 bits per heavy atom. The van der Waals surface area contributed by atoms with Crippen molar-refractivity contribution in [1.29, 1.82) is 0 Å². The van der Waals surface area contributed by atoms with Gasteiger partial charge >= 0.3 is 0 Å². The van der Waals surface area contributed by atoms with Crippen LogP contribution in [0.25, 0.3) is 0 Å². The summed E-state index contributed by atoms with van der Waals surface area (Å²) in [6, 6.07) is 8.11. The fourth-order valence-corrected chi connectivity index (χ4v) is 3.01. The predicted octanol–water partition coefficient (Wildman–Crippen LogP) is 0.921. The molecule has 0 aromatic heterocycles. The van der Waals surface area contributed by atoms with Crippen molar-refractivity contribution in [1.82, 2.24) is 9.62 Å². The summed E-state index contributed by atoms with van der Waals surface area (Å²) in [6.45, 7) is 0.528. The average molecular weight is 329 g/mol. The zero-order chi connectivity index (χ0) is 16.8. The lowest BCUT2D eigenvalue weighted by atomic mass is 10.1. The zero-order valence-electron chi connectivity index (χ0n) is 14.0. The molecule has 0 saturated carbocycles. The number of hydrogen-bond acceptors (Lipinski definition) is 5. The molecule has 0 aliphatic heterocycles. The third-order valence-corrected chi connectivity index (χ3v) is 4.78. The lowest BCUT2D eigenvalue weighted by Gasteiger charge is -2.25. The molecule has 0 saturated heterocycles. The van der Waals surface area contributed by atoms with Crippen LogP contribution in [-0.4, -0.2) is 67.5 Å². The van der Waals surface area contributed by atoms with Crippen molar-refractivity contribution in [2.75, 3.05) is 59.1 Å². The maximum Gasteiger partial charge on any atom is 0.213 e. The van der Waals surface area contributed by atoms with E-state index in [0.29, 0.717) is 6.54 Å². The van der Waals surface area contributed by atoms with Crippen LogP contribution in [-0.2, 0) is 14.8 Å². The highest BCUT2D eigenvalue weighted by atomic mass is 32.2. The molecular weight excluding hydrogens is 302 g/mol. The van der Waals surface area contributed by atoms with E-state index in [2.05, 4.69) is 4.72 Å². The second kappa shape index (κ2) is 8.47. The molecule has 0 unspecified atom stereocenters. The number of anilines is 1. The van der Waals surface area contributed by atoms with E-state index < -0.39 is 10.0 Å². The smallest absolute Gasteiger partial charge is 0.213 e. The first kappa shape index (κ1) is 18.9. The molecule has 22 heavy (non-hydrogen) atoms. The van der Waals surface area contributed by atoms with Gasteiger partial charge in [-0.05, 0) is 31.8 Å². The summed E-state index contributed by atoms with van der Waals surface area (Å²) in [7, 11) is 6.03. The van der Waals surface area contributed by atoms with Crippen molar-refractivity contribution >= 4 is 15.7 Å². The summed E-state index contributed by atoms with van der Waals surface area (Å²) in [5, 5.41) is 0. The number of rotatable bonds is 9. The number of nitrogens with zero attached hydrogens (tertiary/aromatic N) is 2. The summed E-state index contributed by atoms with van der Waals surface area (Å²) >= 11 is 0. The minimum Gasteiger partial charge on any atom is -0.384 e. The van der Waals surface area contributed by atoms with Crippen molar-refractivity contribution in [3.63, 3.8) is 0 Å². The second-order valence-corrected chi connectivity index (χ2v) is 7.55. The molecule has 7 heteroatoms. The summed E-state index contributed by atoms with van der Waals surface area (Å²) in [5.41, 5.74) is 2.19. The van der Waals surface area contributed by atoms with Gasteiger partial charge in [-0.25, -0.2) is 13.1 Å². The van der Waals surface area contributed by atoms with E-state index in [1.54, 1.807) is 0 Å². The number of methoxy groups -OCH3 is 1. The number of likely N-dealkylation sites (N-methyl/N-ethyl adjacent to an activating group) is 1. The molecule has 126 valence electrons. The molecule has 1 N–H and O–H groups in total. The Bertz CT molecular complexity index is 542. The summed E-state index contributed by atoms with van der Waals surface area (Å²) in [5.74, 6) is -0.0246. The SMILES string of the molecule is COCCS(=O)(=O)NC[C@@H](c1ccc(N(C)C)cc1)N(C)C. The molecule has 0 heterocycles. The van der Waals surface area contributed by atoms with Crippen LogP contribution in [0.2, 0.25) is 0 Å². The number of benzene rings is 1. The Kier molecular flexibility index (Phi) is 7.28. The summed E-state index contributed by atoms with van der Waals surface area (Å²) in [6.07, 6.45) is 0. The van der Waals surface area contributed by atoms with Crippen molar-refractivity contribution < 1.29 is 13.2 Å². The number of nitrogens with one attached hydrogen (secondary N) is 1. The topological polar surface area (TPSA) is 61.9 Å². The first-order chi connectivity index (χ1) is 10.3. The van der Waals surface area contributed by atoms with E-state index in [1.165, 1.54) is 7.11 Å². The van der Waals surface area contributed by atoms with Crippen LogP contribution in [0.4, 0.5) is 5.69 Å². The largest absolute Gasteiger partial charge is 0.384 e. The second-order valence-electron chi connectivity index (χ2n) is 5.63. The first-order valence-corrected chi connectivity index (χ1v) is 8.82. The molecular formula is C15H27N3O3S. The molecule has 0 spiro atoms. The van der Waals surface area contributed by atoms with Gasteiger partial charge < -0.3 is 14.5 Å². The number of ether oxygens (including phenoxy) is 1. The van der Waals surface area contributed by atoms with Gasteiger partial charge in [-0.15, -0.1) is 0 Å². The summed E-state index contributed by atoms with van der Waals surface area (Å²) in [4.78, 5) is 4.03. The van der Waals surface area contributed by atoms with Gasteiger partial charge in [0.1, 0.15) is 0 Å². The van der Waals surface area contributed by atoms with Crippen molar-refractivity contribution in [2.45, 2.75) is 6.04 Å². The number of sulfonamides is 1. The number of hydrogen-bond donors (Lipinski definition) is 1. The van der Waals surface area contributed by atoms with Gasteiger partial charge in [0, 0.05) is 39.5 Å². The van der Waals surface area contributed by atoms with Gasteiger partial charge in [0.2, 0.25) is 10.0 Å². The van der Waals surface area contributed by atoms with Gasteiger partial charge in [0.05, 0.1) is 12.4 Å². The molecule has 1 atom stereocenters. The van der Waals surface area contributed by atoms with E-state index in [4.69, 9.17) is 4.74 Å². The Balaban J connectivity index is 2.78. The van der Waals surface area contributed by atoms with E-state index in [1.807, 2.05) is 62.3 Å². The predicted molar refractivity (Wildman–Crippen MR) is 90.9 cm³/mol. The van der Waals surface area contributed by atoms with E-state index >= 15 is 0 Å². The average Bonchev–Trinajstić information content (AvgIpc) is 2.45. The van der Waals surface area contributed by atoms with Crippen LogP contribution in [0.15, 0.2) is 24.3 Å². The van der Waals surface area contributed by atoms with Crippen LogP contribution in [0.1, 0.15) is 11.6 Å². The molecule has 0 fully saturated rings. The van der Waals surface area contributed by atoms with Crippen LogP contribution < -0.4 is 9.62 Å². The Hall–Kier alpha value is -1.15. The maximum absolute atomic E-state index is 11.9. The molecule has 0 bridgehead atoms. The van der Waals surface area contributed by atoms with Gasteiger partial charge in [-0.3, -0.25) is 0 Å². The minimum atomic E-state index is -3.31. The highest BCUT2D eigenvalue weighted by molar-refractivity contribution is 7.89. The van der Waals surface area contributed by atoms with E-state index in [9.17, 15) is 8.42 Å². The van der Waals surface area contributed by atoms with Gasteiger partial charge in [0.25, 0.3) is 0 Å². The maximum atomic E-state index is 11.9. The van der Waals surface area contributed by atoms with E-state index in [0.717, 1.165) is 11.3 Å². The third-order valence-electron chi connectivity index (χ3n) is 3.47. The van der Waals surface area contributed by atoms with Crippen molar-refractivity contribution in [3.8, 4) is 0 Å². The lowest BCUT2D eigenvalue weighted by Crippen LogP contribution is -2.36. The highest BCUT2D eigenvalue weighted by Gasteiger charge is 2.18. The first-order valence-electron chi connectivity index (χ1n) is 7.17. The minimum absolute atomic E-state index is 0.0199. The zero-order valence-corrected chi connectivity index (χ0v) is 14.9. The molecule has 0 amide bonds. The molecule has 1 aromatic rings. The monoisotopic (exact) mass is 329 g/mol. The van der Waals surface area contributed by atoms with E-state index in [-0.39, 0.29) is 18.4 Å². The van der Waals surface area contributed by atoms with Crippen LogP contribution >= 0.6 is 0 Å². The standard InChI is InChI=1S/C15H27N3O3S/c1-17(2)14-8-6-13(7-9-14)15(18(3)4)12-16-22(19,20)11-10-21-5/h6-9,15-16H,10-12H2,1-5H3/t15-/m0/s1. The molecule has 0 aliphatic carbocycles. The molecule has 0 aliphatic rings. The van der Waals surface area contributed by atoms with Gasteiger partial charge in [-0.2, -0.15) is 0 Å². The molecule has 1 aromatic carbocycles. The Morgan fingerprint density at radius 1 is 1.14 bits per heavy atom. The normalized spacial score (nSPS) is 13.4. The Morgan fingerprint density at radius 3 is 2.18 bits per heavy atom. The fraction of sp³-hybridized carbons (Fsp3) is 0.600. The fourth-order valence-electron chi connectivity index (χ4n) is 2.06. The quantitative estimate of drug-likeness (QED) is 0.730. The summed E-state index contributed by atoms with van der Waals surface area (Å²) < 4.78 is 31.2. The third kappa shape index (κ3) is 5.92. The Labute approximate surface area is 134 Å². The van der Waals surface area contributed by atoms with Crippen molar-refractivity contribution in [3.05, 3.63) is 29.8 Å². The molecule has 1 rings (SSSR count). The van der Waals surface area contributed by atoms with Crippen LogP contribution in [0, 0.1) is 0 Å². The van der Waals surface area contributed by atoms with Crippen LogP contribution in [0.5, 0.6) is 0 Å². The van der Waals surface area contributed by atoms with Crippen LogP contribution in [0.3, 0.4) is 0 Å². The van der Waals surface area contributed by atoms with Gasteiger partial charge in [0.15, 0.2) is 0 Å². The van der Waals surface area contributed by atoms with Crippen molar-refractivity contribution in [2.24, 2.45) is 0 Å². The molecule has 0 radical (unpaired) electrons. The van der Waals surface area contributed by atoms with Gasteiger partial charge in [-0.1, -0.05) is 12.1 Å². The highest BCUT2D eigenvalue weighted by Crippen LogP contribution is 2.21.